The van der Waals surface area contributed by atoms with Gasteiger partial charge >= 0.3 is 29.4 Å². The van der Waals surface area contributed by atoms with Gasteiger partial charge in [0.2, 0.25) is 0 Å². The van der Waals surface area contributed by atoms with Gasteiger partial charge in [-0.15, -0.1) is 0 Å². The molecule has 0 unspecified atom stereocenters. The number of aliphatic hydroxyl groups excluding tert-OH is 1. The fraction of sp³-hybridized carbons (Fsp3) is 1.00. The molecule has 0 aromatic heterocycles. The van der Waals surface area contributed by atoms with Gasteiger partial charge in [-0.3, -0.25) is 0 Å². The van der Waals surface area contributed by atoms with Crippen molar-refractivity contribution in [1.29, 1.82) is 0 Å². The van der Waals surface area contributed by atoms with E-state index >= 15 is 0 Å². The molecule has 76 valence electrons. The summed E-state index contributed by atoms with van der Waals surface area (Å²) in [7, 11) is 6.16. The molecule has 0 aromatic carbocycles. The van der Waals surface area contributed by atoms with E-state index in [1.807, 2.05) is 0 Å². The van der Waals surface area contributed by atoms with Gasteiger partial charge in [0.25, 0.3) is 0 Å². The van der Waals surface area contributed by atoms with Crippen LogP contribution in [0.25, 0.3) is 0 Å². The molecule has 0 radical (unpaired) electrons. The van der Waals surface area contributed by atoms with Crippen LogP contribution in [-0.4, -0.2) is 65.6 Å². The van der Waals surface area contributed by atoms with E-state index in [9.17, 15) is 0 Å². The van der Waals surface area contributed by atoms with E-state index < -0.39 is 13.4 Å². The third-order valence-corrected chi connectivity index (χ3v) is 0.771. The molecule has 0 atom stereocenters. The minimum atomic E-state index is -5.25. The number of quaternary nitrogens is 1. The van der Waals surface area contributed by atoms with Gasteiger partial charge in [0.15, 0.2) is 0 Å². The molecule has 7 heteroatoms. The third kappa shape index (κ3) is 51.0. The van der Waals surface area contributed by atoms with E-state index in [0.717, 1.165) is 11.0 Å². The van der Waals surface area contributed by atoms with Crippen LogP contribution >= 0.6 is 0 Å². The van der Waals surface area contributed by atoms with Crippen LogP contribution in [0.2, 0.25) is 0 Å². The van der Waals surface area contributed by atoms with E-state index in [4.69, 9.17) is 21.2 Å². The summed E-state index contributed by atoms with van der Waals surface area (Å²) >= 11 is -5.25. The SMILES string of the molecule is C[N+](C)(C)CCO.O=[Se](=O)(O)O. The number of aliphatic hydroxyl groups is 1. The number of hydrogen-bond donors (Lipinski definition) is 3. The fourth-order valence-electron chi connectivity index (χ4n) is 0.300. The molecular weight excluding hydrogens is 233 g/mol. The summed E-state index contributed by atoms with van der Waals surface area (Å²) in [6.07, 6.45) is 0. The molecule has 0 aliphatic rings. The average Bonchev–Trinajstić information content (AvgIpc) is 1.54. The first-order valence-electron chi connectivity index (χ1n) is 3.17. The van der Waals surface area contributed by atoms with Crippen LogP contribution in [0.4, 0.5) is 0 Å². The number of rotatable bonds is 2. The van der Waals surface area contributed by atoms with Crippen molar-refractivity contribution in [2.24, 2.45) is 0 Å². The van der Waals surface area contributed by atoms with Gasteiger partial charge in [-0.1, -0.05) is 0 Å². The topological polar surface area (TPSA) is 94.8 Å². The molecule has 6 nitrogen and oxygen atoms in total. The maximum absolute atomic E-state index is 8.82. The Labute approximate surface area is 73.9 Å². The molecule has 0 spiro atoms. The molecule has 0 fully saturated rings. The van der Waals surface area contributed by atoms with Crippen molar-refractivity contribution in [3.63, 3.8) is 0 Å². The standard InChI is InChI=1S/C5H14NO.H2O4Se/c1-6(2,3)4-5-7;1-5(2,3)4/h7H,4-5H2,1-3H3;(H2,1,2,3,4)/q+1;. The number of hydrogen-bond acceptors (Lipinski definition) is 3. The van der Waals surface area contributed by atoms with E-state index in [1.165, 1.54) is 0 Å². The van der Waals surface area contributed by atoms with Gasteiger partial charge in [0.05, 0.1) is 27.7 Å². The second-order valence-corrected chi connectivity index (χ2v) is 5.06. The van der Waals surface area contributed by atoms with Crippen molar-refractivity contribution in [2.45, 2.75) is 0 Å². The zero-order chi connectivity index (χ0) is 10.4. The Morgan fingerprint density at radius 1 is 1.17 bits per heavy atom. The zero-order valence-corrected chi connectivity index (χ0v) is 9.14. The first-order chi connectivity index (χ1) is 5.06. The molecule has 0 aliphatic carbocycles. The van der Waals surface area contributed by atoms with Gasteiger partial charge in [-0.05, 0) is 0 Å². The average molecular weight is 249 g/mol. The Hall–Kier alpha value is -0.0405. The van der Waals surface area contributed by atoms with Crippen LogP contribution in [0.3, 0.4) is 0 Å². The predicted octanol–water partition coefficient (Wildman–Crippen LogP) is -2.05. The van der Waals surface area contributed by atoms with E-state index in [-0.39, 0.29) is 6.61 Å². The van der Waals surface area contributed by atoms with Crippen molar-refractivity contribution in [3.05, 3.63) is 0 Å². The second kappa shape index (κ2) is 5.58. The summed E-state index contributed by atoms with van der Waals surface area (Å²) in [6.45, 7) is 1.11. The first-order valence-corrected chi connectivity index (χ1v) is 6.10. The number of nitrogens with zero attached hydrogens (tertiary/aromatic N) is 1. The number of likely N-dealkylation sites (N-methyl/N-ethyl adjacent to an activating group) is 1. The van der Waals surface area contributed by atoms with Crippen LogP contribution < -0.4 is 0 Å². The molecule has 0 saturated heterocycles. The molecule has 0 rings (SSSR count). The molecule has 0 saturated carbocycles. The molecule has 0 heterocycles. The summed E-state index contributed by atoms with van der Waals surface area (Å²) in [5.41, 5.74) is 0. The molecule has 0 bridgehead atoms. The van der Waals surface area contributed by atoms with Crippen LogP contribution in [0.5, 0.6) is 0 Å². The third-order valence-electron chi connectivity index (χ3n) is 0.771. The Morgan fingerprint density at radius 2 is 1.42 bits per heavy atom. The minimum absolute atomic E-state index is 0.281. The van der Waals surface area contributed by atoms with E-state index in [1.54, 1.807) is 0 Å². The summed E-state index contributed by atoms with van der Waals surface area (Å²) in [4.78, 5) is 0. The van der Waals surface area contributed by atoms with Crippen molar-refractivity contribution in [2.75, 3.05) is 34.3 Å². The van der Waals surface area contributed by atoms with Gasteiger partial charge in [-0.25, -0.2) is 0 Å². The molecule has 0 amide bonds. The van der Waals surface area contributed by atoms with Gasteiger partial charge in [-0.2, -0.15) is 0 Å². The molecule has 0 aliphatic heterocycles. The second-order valence-electron chi connectivity index (χ2n) is 3.19. The normalized spacial score (nSPS) is 11.8. The van der Waals surface area contributed by atoms with Crippen molar-refractivity contribution in [3.8, 4) is 0 Å². The van der Waals surface area contributed by atoms with Crippen molar-refractivity contribution < 1.29 is 25.6 Å². The maximum atomic E-state index is 8.82. The van der Waals surface area contributed by atoms with E-state index in [2.05, 4.69) is 21.1 Å². The van der Waals surface area contributed by atoms with Gasteiger partial charge in [0, 0.05) is 0 Å². The van der Waals surface area contributed by atoms with Crippen molar-refractivity contribution in [1.82, 2.24) is 0 Å². The Balaban J connectivity index is 0. The Kier molecular flexibility index (Phi) is 6.73. The summed E-state index contributed by atoms with van der Waals surface area (Å²) in [5, 5.41) is 8.39. The summed E-state index contributed by atoms with van der Waals surface area (Å²) < 4.78 is 32.7. The van der Waals surface area contributed by atoms with Crippen LogP contribution in [0.1, 0.15) is 0 Å². The molecule has 3 N–H and O–H groups in total. The zero-order valence-electron chi connectivity index (χ0n) is 7.43. The van der Waals surface area contributed by atoms with Crippen LogP contribution in [0, 0.1) is 0 Å². The first kappa shape index (κ1) is 14.5. The predicted molar refractivity (Wildman–Crippen MR) is 41.5 cm³/mol. The van der Waals surface area contributed by atoms with Crippen LogP contribution in [0.15, 0.2) is 0 Å². The molecule has 0 aromatic rings. The fourth-order valence-corrected chi connectivity index (χ4v) is 0.300. The van der Waals surface area contributed by atoms with Crippen molar-refractivity contribution >= 4 is 13.4 Å². The molecular formula is C5H16NO5Se+. The summed E-state index contributed by atoms with van der Waals surface area (Å²) in [5.74, 6) is 0. The Bertz CT molecular complexity index is 184. The quantitative estimate of drug-likeness (QED) is 0.387. The Morgan fingerprint density at radius 3 is 1.42 bits per heavy atom. The van der Waals surface area contributed by atoms with Gasteiger partial charge < -0.3 is 9.59 Å². The van der Waals surface area contributed by atoms with Gasteiger partial charge in [0.1, 0.15) is 6.54 Å². The van der Waals surface area contributed by atoms with E-state index in [0.29, 0.717) is 0 Å². The van der Waals surface area contributed by atoms with Crippen LogP contribution in [-0.2, 0) is 7.67 Å². The molecule has 12 heavy (non-hydrogen) atoms. The monoisotopic (exact) mass is 250 g/mol. The summed E-state index contributed by atoms with van der Waals surface area (Å²) in [6, 6.07) is 0.